The van der Waals surface area contributed by atoms with Crippen molar-refractivity contribution in [3.63, 3.8) is 0 Å². The van der Waals surface area contributed by atoms with Gasteiger partial charge in [-0.3, -0.25) is 4.79 Å². The summed E-state index contributed by atoms with van der Waals surface area (Å²) in [6, 6.07) is 5.55. The van der Waals surface area contributed by atoms with Crippen LogP contribution in [0.2, 0.25) is 5.02 Å². The number of carbonyl (C=O) groups excluding carboxylic acids is 1. The number of aldehydes is 1. The number of hydrogen-bond donors (Lipinski definition) is 0. The molecule has 0 radical (unpaired) electrons. The van der Waals surface area contributed by atoms with Crippen molar-refractivity contribution < 1.29 is 4.79 Å². The zero-order chi connectivity index (χ0) is 12.4. The summed E-state index contributed by atoms with van der Waals surface area (Å²) in [6.45, 7) is 6.61. The van der Waals surface area contributed by atoms with Gasteiger partial charge in [0, 0.05) is 29.4 Å². The molecule has 17 heavy (non-hydrogen) atoms. The summed E-state index contributed by atoms with van der Waals surface area (Å²) in [5, 5.41) is 0.620. The molecule has 2 unspecified atom stereocenters. The molecule has 1 aliphatic heterocycles. The first-order chi connectivity index (χ1) is 8.11. The predicted molar refractivity (Wildman–Crippen MR) is 72.0 cm³/mol. The van der Waals surface area contributed by atoms with E-state index in [1.54, 1.807) is 6.07 Å². The quantitative estimate of drug-likeness (QED) is 0.748. The molecule has 0 saturated carbocycles. The molecular formula is C14H18ClNO. The van der Waals surface area contributed by atoms with Gasteiger partial charge >= 0.3 is 0 Å². The molecule has 2 nitrogen and oxygen atoms in total. The Hall–Kier alpha value is -1.02. The first kappa shape index (κ1) is 12.4. The Morgan fingerprint density at radius 2 is 2.12 bits per heavy atom. The number of hydrogen-bond acceptors (Lipinski definition) is 2. The van der Waals surface area contributed by atoms with Gasteiger partial charge in [0.05, 0.1) is 0 Å². The molecule has 0 bridgehead atoms. The van der Waals surface area contributed by atoms with Crippen LogP contribution in [0.4, 0.5) is 5.69 Å². The van der Waals surface area contributed by atoms with Crippen molar-refractivity contribution in [2.24, 2.45) is 11.8 Å². The lowest BCUT2D eigenvalue weighted by Crippen LogP contribution is -2.38. The summed E-state index contributed by atoms with van der Waals surface area (Å²) < 4.78 is 0. The van der Waals surface area contributed by atoms with Crippen LogP contribution >= 0.6 is 11.6 Å². The molecule has 2 atom stereocenters. The van der Waals surface area contributed by atoms with Crippen LogP contribution in [0.25, 0.3) is 0 Å². The standard InChI is InChI=1S/C14H18ClNO/c1-10-5-6-16(8-11(10)2)14-4-3-13(15)7-12(14)9-17/h3-4,7,9-11H,5-6,8H2,1-2H3. The van der Waals surface area contributed by atoms with E-state index in [1.165, 1.54) is 6.42 Å². The molecule has 1 saturated heterocycles. The minimum absolute atomic E-state index is 0.620. The van der Waals surface area contributed by atoms with Crippen molar-refractivity contribution >= 4 is 23.6 Å². The molecule has 1 fully saturated rings. The molecule has 1 aromatic carbocycles. The maximum Gasteiger partial charge on any atom is 0.152 e. The molecule has 0 aromatic heterocycles. The normalized spacial score (nSPS) is 24.8. The molecule has 0 spiro atoms. The lowest BCUT2D eigenvalue weighted by atomic mass is 9.88. The van der Waals surface area contributed by atoms with Gasteiger partial charge < -0.3 is 4.90 Å². The Balaban J connectivity index is 2.25. The van der Waals surface area contributed by atoms with Crippen molar-refractivity contribution in [3.05, 3.63) is 28.8 Å². The van der Waals surface area contributed by atoms with Gasteiger partial charge in [-0.1, -0.05) is 25.4 Å². The second-order valence-corrected chi connectivity index (χ2v) is 5.45. The third-order valence-corrected chi connectivity index (χ3v) is 4.03. The summed E-state index contributed by atoms with van der Waals surface area (Å²) in [6.07, 6.45) is 2.08. The van der Waals surface area contributed by atoms with Gasteiger partial charge in [-0.2, -0.15) is 0 Å². The Morgan fingerprint density at radius 1 is 1.35 bits per heavy atom. The SMILES string of the molecule is CC1CCN(c2ccc(Cl)cc2C=O)CC1C. The smallest absolute Gasteiger partial charge is 0.152 e. The maximum absolute atomic E-state index is 11.1. The molecule has 2 rings (SSSR count). The van der Waals surface area contributed by atoms with E-state index in [0.717, 1.165) is 31.0 Å². The van der Waals surface area contributed by atoms with Crippen LogP contribution in [-0.4, -0.2) is 19.4 Å². The number of nitrogens with zero attached hydrogens (tertiary/aromatic N) is 1. The average Bonchev–Trinajstić information content (AvgIpc) is 2.32. The Labute approximate surface area is 108 Å². The van der Waals surface area contributed by atoms with E-state index in [2.05, 4.69) is 18.7 Å². The van der Waals surface area contributed by atoms with E-state index in [1.807, 2.05) is 12.1 Å². The minimum Gasteiger partial charge on any atom is -0.371 e. The second kappa shape index (κ2) is 5.09. The fraction of sp³-hybridized carbons (Fsp3) is 0.500. The van der Waals surface area contributed by atoms with Crippen molar-refractivity contribution in [2.45, 2.75) is 20.3 Å². The van der Waals surface area contributed by atoms with Crippen molar-refractivity contribution in [3.8, 4) is 0 Å². The Kier molecular flexibility index (Phi) is 3.72. The van der Waals surface area contributed by atoms with Crippen LogP contribution in [0.1, 0.15) is 30.6 Å². The lowest BCUT2D eigenvalue weighted by molar-refractivity contribution is 0.112. The Bertz CT molecular complexity index is 419. The van der Waals surface area contributed by atoms with Gasteiger partial charge in [0.15, 0.2) is 6.29 Å². The molecule has 0 amide bonds. The van der Waals surface area contributed by atoms with E-state index in [-0.39, 0.29) is 0 Å². The zero-order valence-electron chi connectivity index (χ0n) is 10.3. The maximum atomic E-state index is 11.1. The molecule has 0 aliphatic carbocycles. The average molecular weight is 252 g/mol. The van der Waals surface area contributed by atoms with Crippen LogP contribution in [0.3, 0.4) is 0 Å². The number of anilines is 1. The van der Waals surface area contributed by atoms with Crippen molar-refractivity contribution in [1.29, 1.82) is 0 Å². The molecule has 1 heterocycles. The number of rotatable bonds is 2. The van der Waals surface area contributed by atoms with Crippen molar-refractivity contribution in [2.75, 3.05) is 18.0 Å². The van der Waals surface area contributed by atoms with Gasteiger partial charge in [-0.25, -0.2) is 0 Å². The summed E-state index contributed by atoms with van der Waals surface area (Å²) in [5.41, 5.74) is 1.71. The van der Waals surface area contributed by atoms with Gasteiger partial charge in [0.2, 0.25) is 0 Å². The first-order valence-corrected chi connectivity index (χ1v) is 6.49. The van der Waals surface area contributed by atoms with Crippen LogP contribution in [0.5, 0.6) is 0 Å². The van der Waals surface area contributed by atoms with Crippen LogP contribution in [-0.2, 0) is 0 Å². The highest BCUT2D eigenvalue weighted by Crippen LogP contribution is 2.29. The van der Waals surface area contributed by atoms with Gasteiger partial charge in [-0.15, -0.1) is 0 Å². The van der Waals surface area contributed by atoms with Gasteiger partial charge in [0.25, 0.3) is 0 Å². The van der Waals surface area contributed by atoms with Crippen LogP contribution in [0, 0.1) is 11.8 Å². The number of carbonyl (C=O) groups is 1. The summed E-state index contributed by atoms with van der Waals surface area (Å²) in [4.78, 5) is 13.4. The Morgan fingerprint density at radius 3 is 2.76 bits per heavy atom. The highest BCUT2D eigenvalue weighted by atomic mass is 35.5. The summed E-state index contributed by atoms with van der Waals surface area (Å²) >= 11 is 5.91. The molecule has 0 N–H and O–H groups in total. The topological polar surface area (TPSA) is 20.3 Å². The molecule has 1 aliphatic rings. The van der Waals surface area contributed by atoms with E-state index in [4.69, 9.17) is 11.6 Å². The highest BCUT2D eigenvalue weighted by molar-refractivity contribution is 6.31. The number of piperidine rings is 1. The summed E-state index contributed by atoms with van der Waals surface area (Å²) in [7, 11) is 0. The monoisotopic (exact) mass is 251 g/mol. The zero-order valence-corrected chi connectivity index (χ0v) is 11.1. The fourth-order valence-electron chi connectivity index (χ4n) is 2.39. The minimum atomic E-state index is 0.620. The summed E-state index contributed by atoms with van der Waals surface area (Å²) in [5.74, 6) is 1.43. The first-order valence-electron chi connectivity index (χ1n) is 6.11. The highest BCUT2D eigenvalue weighted by Gasteiger charge is 2.24. The fourth-order valence-corrected chi connectivity index (χ4v) is 2.57. The largest absolute Gasteiger partial charge is 0.371 e. The van der Waals surface area contributed by atoms with Gasteiger partial charge in [0.1, 0.15) is 0 Å². The van der Waals surface area contributed by atoms with Crippen LogP contribution < -0.4 is 4.90 Å². The number of benzene rings is 1. The third-order valence-electron chi connectivity index (χ3n) is 3.79. The predicted octanol–water partition coefficient (Wildman–Crippen LogP) is 3.63. The molecule has 1 aromatic rings. The van der Waals surface area contributed by atoms with E-state index in [0.29, 0.717) is 16.5 Å². The second-order valence-electron chi connectivity index (χ2n) is 5.01. The third kappa shape index (κ3) is 2.63. The molecule has 92 valence electrons. The van der Waals surface area contributed by atoms with E-state index < -0.39 is 0 Å². The lowest BCUT2D eigenvalue weighted by Gasteiger charge is -2.37. The van der Waals surface area contributed by atoms with Crippen LogP contribution in [0.15, 0.2) is 18.2 Å². The van der Waals surface area contributed by atoms with E-state index >= 15 is 0 Å². The van der Waals surface area contributed by atoms with Crippen molar-refractivity contribution in [1.82, 2.24) is 0 Å². The van der Waals surface area contributed by atoms with E-state index in [9.17, 15) is 4.79 Å². The number of halogens is 1. The van der Waals surface area contributed by atoms with Gasteiger partial charge in [-0.05, 0) is 36.5 Å². The molecular weight excluding hydrogens is 234 g/mol. The molecule has 3 heteroatoms.